The highest BCUT2D eigenvalue weighted by Crippen LogP contribution is 2.32. The van der Waals surface area contributed by atoms with Crippen molar-refractivity contribution in [1.29, 1.82) is 0 Å². The first-order chi connectivity index (χ1) is 12.4. The third kappa shape index (κ3) is 4.39. The molecule has 0 aliphatic heterocycles. The zero-order chi connectivity index (χ0) is 18.7. The Labute approximate surface area is 165 Å². The molecule has 3 rings (SSSR count). The first-order valence-electron chi connectivity index (χ1n) is 7.89. The van der Waals surface area contributed by atoms with E-state index in [4.69, 9.17) is 32.4 Å². The SMILES string of the molecule is Cc1cc(C(=O)/C=C/c2ccc(COc3cccc(Cl)c3Cl)o2)c(C)s1. The van der Waals surface area contributed by atoms with Crippen molar-refractivity contribution in [2.75, 3.05) is 0 Å². The van der Waals surface area contributed by atoms with Crippen molar-refractivity contribution in [1.82, 2.24) is 0 Å². The molecule has 0 saturated heterocycles. The van der Waals surface area contributed by atoms with Crippen LogP contribution in [0.5, 0.6) is 5.75 Å². The minimum absolute atomic E-state index is 0.0354. The molecule has 0 amide bonds. The predicted molar refractivity (Wildman–Crippen MR) is 107 cm³/mol. The van der Waals surface area contributed by atoms with Gasteiger partial charge in [0, 0.05) is 15.3 Å². The summed E-state index contributed by atoms with van der Waals surface area (Å²) >= 11 is 13.7. The number of ether oxygens (including phenoxy) is 1. The van der Waals surface area contributed by atoms with Gasteiger partial charge in [0.2, 0.25) is 0 Å². The van der Waals surface area contributed by atoms with Gasteiger partial charge in [-0.05, 0) is 56.3 Å². The summed E-state index contributed by atoms with van der Waals surface area (Å²) in [6, 6.07) is 10.7. The second kappa shape index (κ2) is 8.12. The molecule has 0 radical (unpaired) electrons. The summed E-state index contributed by atoms with van der Waals surface area (Å²) in [5.74, 6) is 1.66. The molecule has 3 nitrogen and oxygen atoms in total. The molecule has 2 aromatic heterocycles. The molecule has 0 unspecified atom stereocenters. The topological polar surface area (TPSA) is 39.4 Å². The van der Waals surface area contributed by atoms with E-state index in [0.717, 1.165) is 15.3 Å². The molecule has 0 aliphatic rings. The number of thiophene rings is 1. The van der Waals surface area contributed by atoms with Gasteiger partial charge in [0.1, 0.15) is 28.9 Å². The van der Waals surface area contributed by atoms with Gasteiger partial charge in [0.05, 0.1) is 5.02 Å². The van der Waals surface area contributed by atoms with Gasteiger partial charge in [0.15, 0.2) is 5.78 Å². The molecule has 0 fully saturated rings. The fourth-order valence-corrected chi connectivity index (χ4v) is 3.70. The van der Waals surface area contributed by atoms with Gasteiger partial charge in [-0.15, -0.1) is 11.3 Å². The highest BCUT2D eigenvalue weighted by Gasteiger charge is 2.10. The Bertz CT molecular complexity index is 969. The number of halogens is 2. The summed E-state index contributed by atoms with van der Waals surface area (Å²) < 4.78 is 11.3. The maximum atomic E-state index is 12.3. The highest BCUT2D eigenvalue weighted by molar-refractivity contribution is 7.12. The molecule has 1 aromatic carbocycles. The summed E-state index contributed by atoms with van der Waals surface area (Å²) in [6.45, 7) is 4.15. The number of carbonyl (C=O) groups excluding carboxylic acids is 1. The number of carbonyl (C=O) groups is 1. The van der Waals surface area contributed by atoms with Crippen LogP contribution in [0.25, 0.3) is 6.08 Å². The maximum Gasteiger partial charge on any atom is 0.187 e. The van der Waals surface area contributed by atoms with E-state index >= 15 is 0 Å². The second-order valence-corrected chi connectivity index (χ2v) is 7.91. The fraction of sp³-hybridized carbons (Fsp3) is 0.150. The molecule has 134 valence electrons. The van der Waals surface area contributed by atoms with Gasteiger partial charge in [-0.25, -0.2) is 0 Å². The van der Waals surface area contributed by atoms with Crippen LogP contribution in [-0.2, 0) is 6.61 Å². The number of hydrogen-bond acceptors (Lipinski definition) is 4. The average Bonchev–Trinajstić information content (AvgIpc) is 3.20. The van der Waals surface area contributed by atoms with Crippen molar-refractivity contribution < 1.29 is 13.9 Å². The Morgan fingerprint density at radius 2 is 2.04 bits per heavy atom. The normalized spacial score (nSPS) is 11.2. The Hall–Kier alpha value is -2.01. The Balaban J connectivity index is 1.63. The van der Waals surface area contributed by atoms with E-state index in [1.807, 2.05) is 19.9 Å². The standard InChI is InChI=1S/C20H16Cl2O3S/c1-12-10-16(13(2)26-12)18(23)9-8-14-6-7-15(25-14)11-24-19-5-3-4-17(21)20(19)22/h3-10H,11H2,1-2H3/b9-8+. The van der Waals surface area contributed by atoms with Gasteiger partial charge in [-0.1, -0.05) is 29.3 Å². The first-order valence-corrected chi connectivity index (χ1v) is 9.46. The van der Waals surface area contributed by atoms with E-state index in [0.29, 0.717) is 27.3 Å². The Kier molecular flexibility index (Phi) is 5.87. The summed E-state index contributed by atoms with van der Waals surface area (Å²) in [4.78, 5) is 14.4. The molecule has 0 atom stereocenters. The Morgan fingerprint density at radius 1 is 1.23 bits per heavy atom. The Morgan fingerprint density at radius 3 is 2.77 bits per heavy atom. The van der Waals surface area contributed by atoms with Crippen LogP contribution in [0, 0.1) is 13.8 Å². The predicted octanol–water partition coefficient (Wildman–Crippen LogP) is 6.74. The largest absolute Gasteiger partial charge is 0.484 e. The van der Waals surface area contributed by atoms with Gasteiger partial charge in [-0.2, -0.15) is 0 Å². The second-order valence-electron chi connectivity index (χ2n) is 5.67. The fourth-order valence-electron chi connectivity index (χ4n) is 2.43. The highest BCUT2D eigenvalue weighted by atomic mass is 35.5. The van der Waals surface area contributed by atoms with Crippen molar-refractivity contribution in [2.45, 2.75) is 20.5 Å². The van der Waals surface area contributed by atoms with E-state index in [9.17, 15) is 4.79 Å². The molecule has 0 N–H and O–H groups in total. The number of ketones is 1. The van der Waals surface area contributed by atoms with Crippen molar-refractivity contribution >= 4 is 46.4 Å². The lowest BCUT2D eigenvalue weighted by atomic mass is 10.1. The van der Waals surface area contributed by atoms with E-state index in [2.05, 4.69) is 0 Å². The number of benzene rings is 1. The number of hydrogen-bond donors (Lipinski definition) is 0. The van der Waals surface area contributed by atoms with Crippen molar-refractivity contribution in [3.8, 4) is 5.75 Å². The third-order valence-corrected chi connectivity index (χ3v) is 5.44. The summed E-state index contributed by atoms with van der Waals surface area (Å²) in [6.07, 6.45) is 3.18. The molecule has 26 heavy (non-hydrogen) atoms. The van der Waals surface area contributed by atoms with Crippen molar-refractivity contribution in [3.63, 3.8) is 0 Å². The minimum Gasteiger partial charge on any atom is -0.484 e. The van der Waals surface area contributed by atoms with Crippen LogP contribution in [0.1, 0.15) is 31.6 Å². The molecule has 0 bridgehead atoms. The number of allylic oxidation sites excluding steroid dienone is 1. The quantitative estimate of drug-likeness (QED) is 0.336. The molecule has 6 heteroatoms. The minimum atomic E-state index is -0.0354. The first kappa shape index (κ1) is 18.8. The van der Waals surface area contributed by atoms with Gasteiger partial charge in [-0.3, -0.25) is 4.79 Å². The molecule has 0 aliphatic carbocycles. The zero-order valence-electron chi connectivity index (χ0n) is 14.2. The molecule has 0 spiro atoms. The van der Waals surface area contributed by atoms with Crippen LogP contribution in [0.2, 0.25) is 10.0 Å². The van der Waals surface area contributed by atoms with Gasteiger partial charge in [0.25, 0.3) is 0 Å². The lowest BCUT2D eigenvalue weighted by Crippen LogP contribution is -1.94. The van der Waals surface area contributed by atoms with E-state index in [-0.39, 0.29) is 12.4 Å². The monoisotopic (exact) mass is 406 g/mol. The molecule has 0 saturated carbocycles. The summed E-state index contributed by atoms with van der Waals surface area (Å²) in [7, 11) is 0. The van der Waals surface area contributed by atoms with Gasteiger partial charge < -0.3 is 9.15 Å². The third-order valence-electron chi connectivity index (χ3n) is 3.67. The van der Waals surface area contributed by atoms with Crippen LogP contribution < -0.4 is 4.74 Å². The molecule has 2 heterocycles. The van der Waals surface area contributed by atoms with E-state index in [1.165, 1.54) is 6.08 Å². The van der Waals surface area contributed by atoms with E-state index in [1.54, 1.807) is 47.7 Å². The van der Waals surface area contributed by atoms with Crippen LogP contribution in [-0.4, -0.2) is 5.78 Å². The number of rotatable bonds is 6. The van der Waals surface area contributed by atoms with Crippen LogP contribution in [0.15, 0.2) is 46.9 Å². The van der Waals surface area contributed by atoms with Crippen molar-refractivity contribution in [2.24, 2.45) is 0 Å². The zero-order valence-corrected chi connectivity index (χ0v) is 16.5. The number of aryl methyl sites for hydroxylation is 2. The summed E-state index contributed by atoms with van der Waals surface area (Å²) in [5.41, 5.74) is 0.731. The summed E-state index contributed by atoms with van der Waals surface area (Å²) in [5, 5.41) is 0.803. The average molecular weight is 407 g/mol. The van der Waals surface area contributed by atoms with Crippen LogP contribution in [0.4, 0.5) is 0 Å². The lowest BCUT2D eigenvalue weighted by Gasteiger charge is -2.06. The van der Waals surface area contributed by atoms with Crippen LogP contribution in [0.3, 0.4) is 0 Å². The lowest BCUT2D eigenvalue weighted by molar-refractivity contribution is 0.104. The van der Waals surface area contributed by atoms with Gasteiger partial charge >= 0.3 is 0 Å². The maximum absolute atomic E-state index is 12.3. The smallest absolute Gasteiger partial charge is 0.187 e. The van der Waals surface area contributed by atoms with Crippen LogP contribution >= 0.6 is 34.5 Å². The molecule has 3 aromatic rings. The molecular weight excluding hydrogens is 391 g/mol. The number of furan rings is 1. The van der Waals surface area contributed by atoms with E-state index < -0.39 is 0 Å². The molecular formula is C20H16Cl2O3S. The van der Waals surface area contributed by atoms with Crippen molar-refractivity contribution in [3.05, 3.63) is 79.4 Å².